The SMILES string of the molecule is COc1cc(S(=O)(=O)Nc2nncs2)cc(CO)c1OC. The van der Waals surface area contributed by atoms with Crippen LogP contribution in [0.1, 0.15) is 5.56 Å². The van der Waals surface area contributed by atoms with E-state index in [0.717, 1.165) is 11.3 Å². The van der Waals surface area contributed by atoms with Crippen molar-refractivity contribution in [2.45, 2.75) is 11.5 Å². The predicted molar refractivity (Wildman–Crippen MR) is 76.2 cm³/mol. The van der Waals surface area contributed by atoms with E-state index in [1.165, 1.54) is 31.9 Å². The largest absolute Gasteiger partial charge is 0.493 e. The average Bonchev–Trinajstić information content (AvgIpc) is 2.97. The van der Waals surface area contributed by atoms with Crippen LogP contribution >= 0.6 is 11.3 Å². The van der Waals surface area contributed by atoms with Crippen LogP contribution in [0.5, 0.6) is 11.5 Å². The summed E-state index contributed by atoms with van der Waals surface area (Å²) in [6.07, 6.45) is 0. The molecule has 0 aliphatic carbocycles. The standard InChI is InChI=1S/C11H13N3O5S2/c1-18-9-4-8(3-7(5-15)10(9)19-2)21(16,17)14-11-13-12-6-20-11/h3-4,6,15H,5H2,1-2H3,(H,13,14). The van der Waals surface area contributed by atoms with Crippen molar-refractivity contribution in [3.8, 4) is 11.5 Å². The molecule has 0 aliphatic heterocycles. The molecule has 0 radical (unpaired) electrons. The highest BCUT2D eigenvalue weighted by molar-refractivity contribution is 7.93. The first-order chi connectivity index (χ1) is 10.0. The monoisotopic (exact) mass is 331 g/mol. The first-order valence-electron chi connectivity index (χ1n) is 5.66. The molecule has 1 aromatic heterocycles. The van der Waals surface area contributed by atoms with Gasteiger partial charge in [-0.25, -0.2) is 8.42 Å². The third-order valence-corrected chi connectivity index (χ3v) is 4.65. The lowest BCUT2D eigenvalue weighted by Crippen LogP contribution is -2.14. The number of sulfonamides is 1. The summed E-state index contributed by atoms with van der Waals surface area (Å²) in [6.45, 7) is -0.387. The summed E-state index contributed by atoms with van der Waals surface area (Å²) in [6, 6.07) is 2.62. The number of hydrogen-bond acceptors (Lipinski definition) is 8. The molecule has 0 saturated carbocycles. The van der Waals surface area contributed by atoms with E-state index in [2.05, 4.69) is 14.9 Å². The molecule has 10 heteroatoms. The summed E-state index contributed by atoms with van der Waals surface area (Å²) < 4.78 is 37.1. The summed E-state index contributed by atoms with van der Waals surface area (Å²) in [5, 5.41) is 16.7. The molecule has 114 valence electrons. The Morgan fingerprint density at radius 2 is 2.10 bits per heavy atom. The smallest absolute Gasteiger partial charge is 0.263 e. The minimum Gasteiger partial charge on any atom is -0.493 e. The van der Waals surface area contributed by atoms with Crippen molar-refractivity contribution in [1.29, 1.82) is 0 Å². The molecule has 0 saturated heterocycles. The molecular weight excluding hydrogens is 318 g/mol. The van der Waals surface area contributed by atoms with E-state index in [1.54, 1.807) is 0 Å². The summed E-state index contributed by atoms with van der Waals surface area (Å²) >= 11 is 1.05. The first kappa shape index (κ1) is 15.5. The number of anilines is 1. The lowest BCUT2D eigenvalue weighted by Gasteiger charge is -2.14. The number of rotatable bonds is 6. The Kier molecular flexibility index (Phi) is 4.60. The molecule has 0 amide bonds. The first-order valence-corrected chi connectivity index (χ1v) is 8.03. The zero-order valence-electron chi connectivity index (χ0n) is 11.2. The van der Waals surface area contributed by atoms with Crippen molar-refractivity contribution in [3.05, 3.63) is 23.2 Å². The van der Waals surface area contributed by atoms with Gasteiger partial charge < -0.3 is 14.6 Å². The normalized spacial score (nSPS) is 11.2. The predicted octanol–water partition coefficient (Wildman–Crippen LogP) is 0.848. The van der Waals surface area contributed by atoms with Crippen LogP contribution in [0.2, 0.25) is 0 Å². The number of nitrogens with zero attached hydrogens (tertiary/aromatic N) is 2. The topological polar surface area (TPSA) is 111 Å². The fourth-order valence-electron chi connectivity index (χ4n) is 1.68. The van der Waals surface area contributed by atoms with Gasteiger partial charge in [0.2, 0.25) is 5.13 Å². The van der Waals surface area contributed by atoms with E-state index in [4.69, 9.17) is 9.47 Å². The van der Waals surface area contributed by atoms with Gasteiger partial charge in [0.25, 0.3) is 10.0 Å². The molecule has 0 aliphatic rings. The van der Waals surface area contributed by atoms with Crippen molar-refractivity contribution in [3.63, 3.8) is 0 Å². The van der Waals surface area contributed by atoms with Crippen LogP contribution in [0.3, 0.4) is 0 Å². The van der Waals surface area contributed by atoms with Crippen LogP contribution in [0.25, 0.3) is 0 Å². The van der Waals surface area contributed by atoms with Crippen LogP contribution < -0.4 is 14.2 Å². The van der Waals surface area contributed by atoms with Crippen LogP contribution in [0.4, 0.5) is 5.13 Å². The maximum absolute atomic E-state index is 12.3. The van der Waals surface area contributed by atoms with Gasteiger partial charge in [0, 0.05) is 11.6 Å². The van der Waals surface area contributed by atoms with Gasteiger partial charge in [-0.15, -0.1) is 10.2 Å². The number of nitrogens with one attached hydrogen (secondary N) is 1. The van der Waals surface area contributed by atoms with E-state index in [0.29, 0.717) is 5.56 Å². The quantitative estimate of drug-likeness (QED) is 0.807. The van der Waals surface area contributed by atoms with E-state index in [9.17, 15) is 13.5 Å². The summed E-state index contributed by atoms with van der Waals surface area (Å²) in [5.74, 6) is 0.497. The number of aromatic nitrogens is 2. The second-order valence-corrected chi connectivity index (χ2v) is 6.34. The number of aliphatic hydroxyl groups is 1. The fraction of sp³-hybridized carbons (Fsp3) is 0.273. The maximum Gasteiger partial charge on any atom is 0.263 e. The van der Waals surface area contributed by atoms with Gasteiger partial charge in [0.05, 0.1) is 25.7 Å². The van der Waals surface area contributed by atoms with Crippen molar-refractivity contribution in [2.24, 2.45) is 0 Å². The molecule has 2 aromatic rings. The zero-order chi connectivity index (χ0) is 15.5. The van der Waals surface area contributed by atoms with Crippen LogP contribution in [-0.4, -0.2) is 37.9 Å². The number of aliphatic hydroxyl groups excluding tert-OH is 1. The van der Waals surface area contributed by atoms with Crippen molar-refractivity contribution in [2.75, 3.05) is 18.9 Å². The third kappa shape index (κ3) is 3.23. The summed E-state index contributed by atoms with van der Waals surface area (Å²) in [7, 11) is -1.07. The summed E-state index contributed by atoms with van der Waals surface area (Å²) in [4.78, 5) is -0.0700. The summed E-state index contributed by atoms with van der Waals surface area (Å²) in [5.41, 5.74) is 1.71. The molecule has 1 aromatic carbocycles. The van der Waals surface area contributed by atoms with Gasteiger partial charge in [-0.1, -0.05) is 11.3 Å². The maximum atomic E-state index is 12.3. The van der Waals surface area contributed by atoms with E-state index < -0.39 is 10.0 Å². The Morgan fingerprint density at radius 1 is 1.33 bits per heavy atom. The Bertz CT molecular complexity index is 690. The molecule has 0 spiro atoms. The number of hydrogen-bond donors (Lipinski definition) is 2. The van der Waals surface area contributed by atoms with Gasteiger partial charge in [-0.05, 0) is 6.07 Å². The lowest BCUT2D eigenvalue weighted by atomic mass is 10.2. The molecule has 2 N–H and O–H groups in total. The van der Waals surface area contributed by atoms with Crippen LogP contribution in [-0.2, 0) is 16.6 Å². The van der Waals surface area contributed by atoms with Gasteiger partial charge in [-0.2, -0.15) is 0 Å². The van der Waals surface area contributed by atoms with Crippen molar-refractivity contribution >= 4 is 26.5 Å². The van der Waals surface area contributed by atoms with E-state index >= 15 is 0 Å². The number of ether oxygens (including phenoxy) is 2. The third-order valence-electron chi connectivity index (χ3n) is 2.59. The van der Waals surface area contributed by atoms with Crippen molar-refractivity contribution < 1.29 is 23.0 Å². The number of methoxy groups -OCH3 is 2. The molecule has 0 bridgehead atoms. The van der Waals surface area contributed by atoms with Gasteiger partial charge in [0.15, 0.2) is 11.5 Å². The minimum atomic E-state index is -3.86. The minimum absolute atomic E-state index is 0.0700. The van der Waals surface area contributed by atoms with Gasteiger partial charge >= 0.3 is 0 Å². The van der Waals surface area contributed by atoms with E-state index in [1.807, 2.05) is 0 Å². The molecular formula is C11H13N3O5S2. The molecule has 8 nitrogen and oxygen atoms in total. The van der Waals surface area contributed by atoms with Crippen molar-refractivity contribution in [1.82, 2.24) is 10.2 Å². The molecule has 21 heavy (non-hydrogen) atoms. The zero-order valence-corrected chi connectivity index (χ0v) is 12.9. The molecule has 2 rings (SSSR count). The molecule has 1 heterocycles. The van der Waals surface area contributed by atoms with Gasteiger partial charge in [-0.3, -0.25) is 4.72 Å². The highest BCUT2D eigenvalue weighted by Gasteiger charge is 2.21. The number of benzene rings is 1. The highest BCUT2D eigenvalue weighted by atomic mass is 32.2. The fourth-order valence-corrected chi connectivity index (χ4v) is 3.44. The molecule has 0 atom stereocenters. The van der Waals surface area contributed by atoms with E-state index in [-0.39, 0.29) is 28.1 Å². The molecule has 0 fully saturated rings. The second kappa shape index (κ2) is 6.24. The van der Waals surface area contributed by atoms with Crippen LogP contribution in [0, 0.1) is 0 Å². The van der Waals surface area contributed by atoms with Gasteiger partial charge in [0.1, 0.15) is 5.51 Å². The Labute approximate surface area is 125 Å². The lowest BCUT2D eigenvalue weighted by molar-refractivity contribution is 0.269. The molecule has 0 unspecified atom stereocenters. The Hall–Kier alpha value is -1.91. The Balaban J connectivity index is 2.48. The average molecular weight is 331 g/mol. The second-order valence-electron chi connectivity index (χ2n) is 3.83. The highest BCUT2D eigenvalue weighted by Crippen LogP contribution is 2.34. The van der Waals surface area contributed by atoms with Crippen LogP contribution in [0.15, 0.2) is 22.5 Å². The Morgan fingerprint density at radius 3 is 2.62 bits per heavy atom.